The average Bonchev–Trinajstić information content (AvgIpc) is 3.76. The van der Waals surface area contributed by atoms with Gasteiger partial charge >= 0.3 is 0 Å². The summed E-state index contributed by atoms with van der Waals surface area (Å²) < 4.78 is 12.6. The molecule has 3 aromatic heterocycles. The van der Waals surface area contributed by atoms with Crippen molar-refractivity contribution < 1.29 is 8.83 Å². The van der Waals surface area contributed by atoms with Gasteiger partial charge in [0, 0.05) is 38.2 Å². The van der Waals surface area contributed by atoms with Crippen LogP contribution in [0.1, 0.15) is 0 Å². The van der Waals surface area contributed by atoms with Crippen molar-refractivity contribution in [2.45, 2.75) is 0 Å². The van der Waals surface area contributed by atoms with Crippen LogP contribution in [0.4, 0.5) is 0 Å². The third-order valence-corrected chi connectivity index (χ3v) is 9.37. The molecule has 5 nitrogen and oxygen atoms in total. The first-order valence-corrected chi connectivity index (χ1v) is 16.6. The number of para-hydroxylation sites is 1. The quantitative estimate of drug-likeness (QED) is 0.187. The molecule has 0 spiro atoms. The fraction of sp³-hybridized carbons (Fsp3) is 0. The van der Waals surface area contributed by atoms with Crippen LogP contribution in [0.3, 0.4) is 0 Å². The summed E-state index contributed by atoms with van der Waals surface area (Å²) in [7, 11) is 0. The lowest BCUT2D eigenvalue weighted by molar-refractivity contribution is 0.663. The summed E-state index contributed by atoms with van der Waals surface area (Å²) in [5.74, 6) is 1.78. The molecule has 0 amide bonds. The van der Waals surface area contributed by atoms with Crippen molar-refractivity contribution in [1.82, 2.24) is 15.0 Å². The lowest BCUT2D eigenvalue weighted by Gasteiger charge is -2.10. The van der Waals surface area contributed by atoms with Crippen LogP contribution in [0.25, 0.3) is 100 Å². The molecule has 234 valence electrons. The number of furan rings is 2. The summed E-state index contributed by atoms with van der Waals surface area (Å²) in [6, 6.07) is 55.8. The van der Waals surface area contributed by atoms with Gasteiger partial charge in [0.1, 0.15) is 22.3 Å². The molecule has 0 radical (unpaired) electrons. The zero-order chi connectivity index (χ0) is 33.0. The minimum atomic E-state index is 0.575. The molecule has 0 aliphatic heterocycles. The number of nitrogens with zero attached hydrogens (tertiary/aromatic N) is 3. The van der Waals surface area contributed by atoms with Crippen LogP contribution in [-0.4, -0.2) is 15.0 Å². The number of hydrogen-bond acceptors (Lipinski definition) is 5. The lowest BCUT2D eigenvalue weighted by atomic mass is 10.0. The van der Waals surface area contributed by atoms with Crippen molar-refractivity contribution in [3.8, 4) is 56.4 Å². The van der Waals surface area contributed by atoms with Gasteiger partial charge in [0.25, 0.3) is 0 Å². The first kappa shape index (κ1) is 28.2. The highest BCUT2D eigenvalue weighted by atomic mass is 16.3. The number of hydrogen-bond donors (Lipinski definition) is 0. The Balaban J connectivity index is 1.11. The molecule has 0 unspecified atom stereocenters. The van der Waals surface area contributed by atoms with Crippen molar-refractivity contribution in [1.29, 1.82) is 0 Å². The number of aromatic nitrogens is 3. The average molecular weight is 642 g/mol. The highest BCUT2D eigenvalue weighted by Crippen LogP contribution is 2.41. The molecule has 0 saturated heterocycles. The Bertz CT molecular complexity index is 2740. The summed E-state index contributed by atoms with van der Waals surface area (Å²) in [4.78, 5) is 15.1. The summed E-state index contributed by atoms with van der Waals surface area (Å²) in [6.07, 6.45) is 0. The molecule has 0 atom stereocenters. The first-order valence-electron chi connectivity index (χ1n) is 16.6. The van der Waals surface area contributed by atoms with Crippen LogP contribution in [0.15, 0.2) is 173 Å². The predicted molar refractivity (Wildman–Crippen MR) is 202 cm³/mol. The Morgan fingerprint density at radius 3 is 1.24 bits per heavy atom. The van der Waals surface area contributed by atoms with Crippen LogP contribution in [-0.2, 0) is 0 Å². The Kier molecular flexibility index (Phi) is 6.42. The van der Waals surface area contributed by atoms with E-state index in [-0.39, 0.29) is 0 Å². The fourth-order valence-corrected chi connectivity index (χ4v) is 6.87. The van der Waals surface area contributed by atoms with E-state index < -0.39 is 0 Å². The summed E-state index contributed by atoms with van der Waals surface area (Å²) in [5.41, 5.74) is 10.5. The van der Waals surface area contributed by atoms with E-state index in [2.05, 4.69) is 115 Å². The largest absolute Gasteiger partial charge is 0.456 e. The van der Waals surface area contributed by atoms with E-state index in [9.17, 15) is 0 Å². The van der Waals surface area contributed by atoms with E-state index in [1.54, 1.807) is 0 Å². The van der Waals surface area contributed by atoms with Gasteiger partial charge in [0.2, 0.25) is 0 Å². The molecular formula is C45H27N3O2. The van der Waals surface area contributed by atoms with Gasteiger partial charge in [-0.3, -0.25) is 0 Å². The van der Waals surface area contributed by atoms with Gasteiger partial charge < -0.3 is 8.83 Å². The molecule has 5 heteroatoms. The van der Waals surface area contributed by atoms with Crippen LogP contribution in [0.5, 0.6) is 0 Å². The highest BCUT2D eigenvalue weighted by Gasteiger charge is 2.18. The minimum absolute atomic E-state index is 0.575. The maximum Gasteiger partial charge on any atom is 0.164 e. The topological polar surface area (TPSA) is 65.0 Å². The van der Waals surface area contributed by atoms with E-state index in [1.165, 1.54) is 0 Å². The van der Waals surface area contributed by atoms with Crippen molar-refractivity contribution in [3.63, 3.8) is 0 Å². The molecule has 3 heterocycles. The molecule has 0 aliphatic carbocycles. The van der Waals surface area contributed by atoms with Crippen LogP contribution >= 0.6 is 0 Å². The molecule has 10 rings (SSSR count). The number of benzene rings is 7. The second-order valence-electron chi connectivity index (χ2n) is 12.4. The molecule has 50 heavy (non-hydrogen) atoms. The SMILES string of the molecule is c1ccc(-c2ccc(-c3nc(-c4ccc(-c5ccccc5)cc4)nc(-c4ccc5c(c4)oc4ccc6oc7ccccc7c6c45)n3)cc2)cc1. The van der Waals surface area contributed by atoms with E-state index in [1.807, 2.05) is 48.5 Å². The van der Waals surface area contributed by atoms with Crippen molar-refractivity contribution >= 4 is 43.9 Å². The standard InChI is InChI=1S/C45H27N3O2/c1-3-9-28(10-4-1)30-15-19-32(20-16-30)43-46-44(33-21-17-31(18-22-33)29-11-5-2-6-12-29)48-45(47-43)34-23-24-36-40(27-34)50-39-26-25-38-41(42(36)39)35-13-7-8-14-37(35)49-38/h1-27H. The van der Waals surface area contributed by atoms with Gasteiger partial charge in [0.05, 0.1) is 0 Å². The zero-order valence-electron chi connectivity index (χ0n) is 26.7. The fourth-order valence-electron chi connectivity index (χ4n) is 6.87. The third kappa shape index (κ3) is 4.75. The first-order chi connectivity index (χ1) is 24.7. The lowest BCUT2D eigenvalue weighted by Crippen LogP contribution is -2.00. The molecule has 0 N–H and O–H groups in total. The Hall–Kier alpha value is -6.85. The van der Waals surface area contributed by atoms with E-state index in [0.29, 0.717) is 17.5 Å². The minimum Gasteiger partial charge on any atom is -0.456 e. The smallest absolute Gasteiger partial charge is 0.164 e. The Morgan fingerprint density at radius 1 is 0.280 bits per heavy atom. The highest BCUT2D eigenvalue weighted by molar-refractivity contribution is 6.25. The summed E-state index contributed by atoms with van der Waals surface area (Å²) in [6.45, 7) is 0. The van der Waals surface area contributed by atoms with Crippen molar-refractivity contribution in [2.24, 2.45) is 0 Å². The van der Waals surface area contributed by atoms with E-state index in [4.69, 9.17) is 23.8 Å². The molecule has 0 aliphatic rings. The molecule has 7 aromatic carbocycles. The zero-order valence-corrected chi connectivity index (χ0v) is 26.7. The van der Waals surface area contributed by atoms with Gasteiger partial charge in [-0.1, -0.05) is 133 Å². The van der Waals surface area contributed by atoms with Gasteiger partial charge in [0.15, 0.2) is 17.5 Å². The van der Waals surface area contributed by atoms with Crippen LogP contribution in [0, 0.1) is 0 Å². The van der Waals surface area contributed by atoms with Gasteiger partial charge in [-0.15, -0.1) is 0 Å². The second-order valence-corrected chi connectivity index (χ2v) is 12.4. The Morgan fingerprint density at radius 2 is 0.680 bits per heavy atom. The maximum atomic E-state index is 6.47. The third-order valence-electron chi connectivity index (χ3n) is 9.37. The van der Waals surface area contributed by atoms with Gasteiger partial charge in [-0.2, -0.15) is 0 Å². The normalized spacial score (nSPS) is 11.6. The maximum absolute atomic E-state index is 6.47. The number of fused-ring (bicyclic) bond motifs is 7. The Labute approximate surface area is 287 Å². The van der Waals surface area contributed by atoms with Crippen LogP contribution in [0.2, 0.25) is 0 Å². The molecule has 0 saturated carbocycles. The molecule has 10 aromatic rings. The molecule has 0 bridgehead atoms. The van der Waals surface area contributed by atoms with Gasteiger partial charge in [-0.05, 0) is 52.6 Å². The molecular weight excluding hydrogens is 615 g/mol. The van der Waals surface area contributed by atoms with E-state index >= 15 is 0 Å². The predicted octanol–water partition coefficient (Wildman–Crippen LogP) is 12.0. The van der Waals surface area contributed by atoms with Crippen molar-refractivity contribution in [2.75, 3.05) is 0 Å². The van der Waals surface area contributed by atoms with Crippen LogP contribution < -0.4 is 0 Å². The monoisotopic (exact) mass is 641 g/mol. The molecule has 0 fully saturated rings. The summed E-state index contributed by atoms with van der Waals surface area (Å²) in [5, 5.41) is 4.20. The van der Waals surface area contributed by atoms with Gasteiger partial charge in [-0.25, -0.2) is 15.0 Å². The second kappa shape index (κ2) is 11.4. The van der Waals surface area contributed by atoms with Crippen molar-refractivity contribution in [3.05, 3.63) is 164 Å². The number of rotatable bonds is 5. The van der Waals surface area contributed by atoms with E-state index in [0.717, 1.165) is 82.8 Å². The summed E-state index contributed by atoms with van der Waals surface area (Å²) >= 11 is 0.